The highest BCUT2D eigenvalue weighted by molar-refractivity contribution is 5.74. The molecule has 0 aliphatic rings. The van der Waals surface area contributed by atoms with Crippen molar-refractivity contribution in [1.29, 1.82) is 0 Å². The number of nitrogens with two attached hydrogens (primary N) is 1. The van der Waals surface area contributed by atoms with Crippen molar-refractivity contribution in [1.82, 2.24) is 4.98 Å². The lowest BCUT2D eigenvalue weighted by atomic mass is 10.2. The molecule has 0 aliphatic heterocycles. The number of carbonyl (C=O) groups excluding carboxylic acids is 1. The van der Waals surface area contributed by atoms with Gasteiger partial charge in [-0.25, -0.2) is 13.8 Å². The zero-order chi connectivity index (χ0) is 10.0. The van der Waals surface area contributed by atoms with E-state index in [1.807, 2.05) is 0 Å². The van der Waals surface area contributed by atoms with Crippen molar-refractivity contribution in [2.24, 2.45) is 0 Å². The van der Waals surface area contributed by atoms with Crippen molar-refractivity contribution in [2.75, 3.05) is 5.73 Å². The van der Waals surface area contributed by atoms with E-state index < -0.39 is 23.6 Å². The lowest BCUT2D eigenvalue weighted by Crippen LogP contribution is -2.04. The van der Waals surface area contributed by atoms with Gasteiger partial charge in [0.05, 0.1) is 5.56 Å². The third-order valence-corrected chi connectivity index (χ3v) is 1.40. The molecule has 1 aromatic rings. The smallest absolute Gasteiger partial charge is 0.270 e. The number of nitrogen functional groups attached to an aromatic ring is 1. The molecule has 0 aromatic carbocycles. The normalized spacial score (nSPS) is 10.5. The van der Waals surface area contributed by atoms with Crippen LogP contribution >= 0.6 is 0 Å². The van der Waals surface area contributed by atoms with E-state index in [0.717, 1.165) is 6.07 Å². The van der Waals surface area contributed by atoms with Crippen molar-refractivity contribution >= 4 is 12.0 Å². The number of aromatic nitrogens is 1. The summed E-state index contributed by atoms with van der Waals surface area (Å²) >= 11 is 0. The minimum atomic E-state index is -3.03. The maximum Gasteiger partial charge on any atom is 0.270 e. The molecular weight excluding hydrogens is 185 g/mol. The minimum absolute atomic E-state index is 0.231. The van der Waals surface area contributed by atoms with E-state index in [1.54, 1.807) is 0 Å². The molecule has 0 amide bonds. The highest BCUT2D eigenvalue weighted by Crippen LogP contribution is 2.26. The van der Waals surface area contributed by atoms with Crippen molar-refractivity contribution < 1.29 is 18.0 Å². The molecule has 70 valence electrons. The third kappa shape index (κ3) is 1.77. The van der Waals surface area contributed by atoms with Crippen LogP contribution in [0.25, 0.3) is 0 Å². The van der Waals surface area contributed by atoms with Crippen LogP contribution in [0.1, 0.15) is 22.5 Å². The number of aldehydes is 1. The van der Waals surface area contributed by atoms with Gasteiger partial charge < -0.3 is 5.73 Å². The number of hydrogen-bond donors (Lipinski definition) is 1. The monoisotopic (exact) mass is 190 g/mol. The number of pyridine rings is 1. The van der Waals surface area contributed by atoms with Gasteiger partial charge in [-0.2, -0.15) is 4.39 Å². The molecule has 1 aromatic heterocycles. The Morgan fingerprint density at radius 3 is 2.54 bits per heavy atom. The average Bonchev–Trinajstić information content (AvgIpc) is 2.02. The van der Waals surface area contributed by atoms with Crippen LogP contribution in [-0.4, -0.2) is 11.3 Å². The molecular formula is C7H5F3N2O. The number of rotatable bonds is 2. The van der Waals surface area contributed by atoms with Crippen LogP contribution in [0, 0.1) is 5.95 Å². The number of nitrogens with zero attached hydrogens (tertiary/aromatic N) is 1. The van der Waals surface area contributed by atoms with Crippen molar-refractivity contribution in [3.05, 3.63) is 23.3 Å². The lowest BCUT2D eigenvalue weighted by Gasteiger charge is -2.04. The Morgan fingerprint density at radius 2 is 2.15 bits per heavy atom. The largest absolute Gasteiger partial charge is 0.398 e. The zero-order valence-corrected chi connectivity index (χ0v) is 6.30. The summed E-state index contributed by atoms with van der Waals surface area (Å²) in [7, 11) is 0. The summed E-state index contributed by atoms with van der Waals surface area (Å²) in [5.41, 5.74) is 3.34. The molecule has 0 bridgehead atoms. The molecule has 3 nitrogen and oxygen atoms in total. The van der Waals surface area contributed by atoms with E-state index in [4.69, 9.17) is 5.73 Å². The second kappa shape index (κ2) is 3.42. The van der Waals surface area contributed by atoms with Crippen LogP contribution in [0.5, 0.6) is 0 Å². The van der Waals surface area contributed by atoms with Gasteiger partial charge in [-0.15, -0.1) is 0 Å². The topological polar surface area (TPSA) is 56.0 Å². The highest BCUT2D eigenvalue weighted by Gasteiger charge is 2.19. The van der Waals surface area contributed by atoms with Crippen LogP contribution in [0.3, 0.4) is 0 Å². The molecule has 1 rings (SSSR count). The Bertz CT molecular complexity index is 318. The van der Waals surface area contributed by atoms with E-state index in [1.165, 1.54) is 0 Å². The Balaban J connectivity index is 3.31. The summed E-state index contributed by atoms with van der Waals surface area (Å²) in [6.07, 6.45) is -2.80. The number of hydrogen-bond acceptors (Lipinski definition) is 3. The second-order valence-corrected chi connectivity index (χ2v) is 2.26. The van der Waals surface area contributed by atoms with Crippen LogP contribution in [0.4, 0.5) is 18.9 Å². The molecule has 13 heavy (non-hydrogen) atoms. The van der Waals surface area contributed by atoms with E-state index in [-0.39, 0.29) is 12.0 Å². The molecule has 0 fully saturated rings. The fourth-order valence-electron chi connectivity index (χ4n) is 0.838. The van der Waals surface area contributed by atoms with Gasteiger partial charge in [0.25, 0.3) is 6.43 Å². The summed E-state index contributed by atoms with van der Waals surface area (Å²) in [5.74, 6) is -1.41. The van der Waals surface area contributed by atoms with Crippen LogP contribution in [0.15, 0.2) is 6.07 Å². The lowest BCUT2D eigenvalue weighted by molar-refractivity contribution is 0.111. The van der Waals surface area contributed by atoms with E-state index in [0.29, 0.717) is 0 Å². The minimum Gasteiger partial charge on any atom is -0.398 e. The van der Waals surface area contributed by atoms with Gasteiger partial charge in [-0.3, -0.25) is 4.79 Å². The summed E-state index contributed by atoms with van der Waals surface area (Å²) in [5, 5.41) is 0. The maximum atomic E-state index is 12.7. The molecule has 2 N–H and O–H groups in total. The second-order valence-electron chi connectivity index (χ2n) is 2.26. The van der Waals surface area contributed by atoms with Crippen LogP contribution in [-0.2, 0) is 0 Å². The Labute approximate surface area is 71.4 Å². The standard InChI is InChI=1S/C7H5F3N2O/c8-6(9)5-4(11)1-3(2-13)12-7(5)10/h1-2,6H,(H2,11,12). The number of carbonyl (C=O) groups is 1. The van der Waals surface area contributed by atoms with Crippen molar-refractivity contribution in [3.8, 4) is 0 Å². The summed E-state index contributed by atoms with van der Waals surface area (Å²) in [6.45, 7) is 0. The van der Waals surface area contributed by atoms with E-state index in [2.05, 4.69) is 4.98 Å². The maximum absolute atomic E-state index is 12.7. The molecule has 0 aliphatic carbocycles. The fraction of sp³-hybridized carbons (Fsp3) is 0.143. The first-order valence-electron chi connectivity index (χ1n) is 3.25. The van der Waals surface area contributed by atoms with Gasteiger partial charge in [0.2, 0.25) is 5.95 Å². The van der Waals surface area contributed by atoms with Gasteiger partial charge in [-0.05, 0) is 6.07 Å². The van der Waals surface area contributed by atoms with Crippen molar-refractivity contribution in [2.45, 2.75) is 6.43 Å². The van der Waals surface area contributed by atoms with E-state index in [9.17, 15) is 18.0 Å². The molecule has 0 radical (unpaired) electrons. The summed E-state index contributed by atoms with van der Waals surface area (Å²) in [6, 6.07) is 0.900. The molecule has 0 spiro atoms. The summed E-state index contributed by atoms with van der Waals surface area (Å²) in [4.78, 5) is 13.1. The van der Waals surface area contributed by atoms with Gasteiger partial charge in [0, 0.05) is 5.69 Å². The Hall–Kier alpha value is -1.59. The molecule has 0 atom stereocenters. The molecule has 0 unspecified atom stereocenters. The van der Waals surface area contributed by atoms with Crippen LogP contribution in [0.2, 0.25) is 0 Å². The third-order valence-electron chi connectivity index (χ3n) is 1.40. The van der Waals surface area contributed by atoms with Gasteiger partial charge in [-0.1, -0.05) is 0 Å². The predicted octanol–water partition coefficient (Wildman–Crippen LogP) is 1.55. The Morgan fingerprint density at radius 1 is 1.54 bits per heavy atom. The first-order chi connectivity index (χ1) is 6.06. The SMILES string of the molecule is Nc1cc(C=O)nc(F)c1C(F)F. The number of halogens is 3. The number of anilines is 1. The first-order valence-corrected chi connectivity index (χ1v) is 3.25. The quantitative estimate of drug-likeness (QED) is 0.568. The van der Waals surface area contributed by atoms with Gasteiger partial charge >= 0.3 is 0 Å². The number of alkyl halides is 2. The van der Waals surface area contributed by atoms with E-state index >= 15 is 0 Å². The first kappa shape index (κ1) is 9.50. The van der Waals surface area contributed by atoms with Gasteiger partial charge in [0.15, 0.2) is 6.29 Å². The van der Waals surface area contributed by atoms with Crippen LogP contribution < -0.4 is 5.73 Å². The summed E-state index contributed by atoms with van der Waals surface area (Å²) < 4.78 is 36.9. The van der Waals surface area contributed by atoms with Gasteiger partial charge in [0.1, 0.15) is 5.69 Å². The molecule has 6 heteroatoms. The highest BCUT2D eigenvalue weighted by atomic mass is 19.3. The predicted molar refractivity (Wildman–Crippen MR) is 39.0 cm³/mol. The van der Waals surface area contributed by atoms with Crippen molar-refractivity contribution in [3.63, 3.8) is 0 Å². The molecule has 0 saturated heterocycles. The Kier molecular flexibility index (Phi) is 2.50. The fourth-order valence-corrected chi connectivity index (χ4v) is 0.838. The molecule has 0 saturated carbocycles. The molecule has 1 heterocycles. The zero-order valence-electron chi connectivity index (χ0n) is 6.30. The average molecular weight is 190 g/mol.